The molecule has 0 heterocycles. The fraction of sp³-hybridized carbons (Fsp3) is 0.571. The SMILES string of the molecule is OCC1(c2ccccc2CC2(O)CC2)CC1. The summed E-state index contributed by atoms with van der Waals surface area (Å²) in [4.78, 5) is 0. The summed E-state index contributed by atoms with van der Waals surface area (Å²) < 4.78 is 0. The largest absolute Gasteiger partial charge is 0.395 e. The lowest BCUT2D eigenvalue weighted by atomic mass is 9.89. The van der Waals surface area contributed by atoms with E-state index < -0.39 is 5.60 Å². The Morgan fingerprint density at radius 3 is 2.31 bits per heavy atom. The molecule has 2 aliphatic carbocycles. The first-order chi connectivity index (χ1) is 7.68. The molecule has 0 atom stereocenters. The van der Waals surface area contributed by atoms with Crippen molar-refractivity contribution < 1.29 is 10.2 Å². The van der Waals surface area contributed by atoms with Crippen molar-refractivity contribution in [3.63, 3.8) is 0 Å². The van der Waals surface area contributed by atoms with Gasteiger partial charge in [-0.15, -0.1) is 0 Å². The molecule has 0 amide bonds. The molecule has 2 saturated carbocycles. The highest BCUT2D eigenvalue weighted by Gasteiger charge is 2.47. The van der Waals surface area contributed by atoms with Crippen molar-refractivity contribution in [3.8, 4) is 0 Å². The average Bonchev–Trinajstić information content (AvgIpc) is 3.18. The van der Waals surface area contributed by atoms with E-state index in [2.05, 4.69) is 12.1 Å². The van der Waals surface area contributed by atoms with E-state index in [0.717, 1.165) is 32.1 Å². The molecule has 16 heavy (non-hydrogen) atoms. The minimum absolute atomic E-state index is 0.0157. The van der Waals surface area contributed by atoms with Crippen LogP contribution in [0.1, 0.15) is 36.8 Å². The lowest BCUT2D eigenvalue weighted by Crippen LogP contribution is -2.18. The summed E-state index contributed by atoms with van der Waals surface area (Å²) in [6, 6.07) is 8.27. The topological polar surface area (TPSA) is 40.5 Å². The monoisotopic (exact) mass is 218 g/mol. The summed E-state index contributed by atoms with van der Waals surface area (Å²) in [7, 11) is 0. The van der Waals surface area contributed by atoms with Crippen molar-refractivity contribution in [3.05, 3.63) is 35.4 Å². The van der Waals surface area contributed by atoms with Crippen LogP contribution < -0.4 is 0 Å². The zero-order valence-corrected chi connectivity index (χ0v) is 9.45. The van der Waals surface area contributed by atoms with E-state index in [0.29, 0.717) is 0 Å². The maximum absolute atomic E-state index is 10.0. The maximum atomic E-state index is 10.0. The summed E-state index contributed by atoms with van der Waals surface area (Å²) in [5.41, 5.74) is 2.07. The van der Waals surface area contributed by atoms with Crippen molar-refractivity contribution >= 4 is 0 Å². The molecule has 0 aromatic heterocycles. The average molecular weight is 218 g/mol. The number of benzene rings is 1. The second kappa shape index (κ2) is 3.31. The lowest BCUT2D eigenvalue weighted by molar-refractivity contribution is 0.150. The molecule has 0 saturated heterocycles. The molecule has 0 unspecified atom stereocenters. The van der Waals surface area contributed by atoms with E-state index >= 15 is 0 Å². The number of rotatable bonds is 4. The van der Waals surface area contributed by atoms with Crippen LogP contribution in [0.2, 0.25) is 0 Å². The molecule has 86 valence electrons. The number of aliphatic hydroxyl groups excluding tert-OH is 1. The Balaban J connectivity index is 1.92. The van der Waals surface area contributed by atoms with Crippen LogP contribution in [0, 0.1) is 0 Å². The van der Waals surface area contributed by atoms with Crippen LogP contribution in [-0.2, 0) is 11.8 Å². The first-order valence-corrected chi connectivity index (χ1v) is 6.09. The van der Waals surface area contributed by atoms with Crippen molar-refractivity contribution in [2.24, 2.45) is 0 Å². The molecule has 1 aromatic carbocycles. The Labute approximate surface area is 95.9 Å². The van der Waals surface area contributed by atoms with Crippen molar-refractivity contribution in [2.75, 3.05) is 6.61 Å². The molecular formula is C14H18O2. The predicted molar refractivity (Wildman–Crippen MR) is 62.3 cm³/mol. The van der Waals surface area contributed by atoms with Gasteiger partial charge < -0.3 is 10.2 Å². The number of aliphatic hydroxyl groups is 2. The van der Waals surface area contributed by atoms with Gasteiger partial charge in [-0.3, -0.25) is 0 Å². The molecule has 2 N–H and O–H groups in total. The van der Waals surface area contributed by atoms with Crippen LogP contribution in [-0.4, -0.2) is 22.4 Å². The Kier molecular flexibility index (Phi) is 2.13. The van der Waals surface area contributed by atoms with E-state index in [9.17, 15) is 10.2 Å². The summed E-state index contributed by atoms with van der Waals surface area (Å²) >= 11 is 0. The van der Waals surface area contributed by atoms with Crippen LogP contribution in [0.3, 0.4) is 0 Å². The Morgan fingerprint density at radius 1 is 1.06 bits per heavy atom. The van der Waals surface area contributed by atoms with Crippen molar-refractivity contribution in [1.29, 1.82) is 0 Å². The number of hydrogen-bond donors (Lipinski definition) is 2. The fourth-order valence-electron chi connectivity index (χ4n) is 2.53. The molecule has 0 aliphatic heterocycles. The second-order valence-corrected chi connectivity index (χ2v) is 5.50. The highest BCUT2D eigenvalue weighted by Crippen LogP contribution is 2.50. The molecule has 2 heteroatoms. The minimum Gasteiger partial charge on any atom is -0.395 e. The van der Waals surface area contributed by atoms with E-state index in [1.54, 1.807) is 0 Å². The standard InChI is InChI=1S/C14H18O2/c15-10-13(5-6-13)12-4-2-1-3-11(12)9-14(16)7-8-14/h1-4,15-16H,5-10H2. The Morgan fingerprint density at radius 2 is 1.75 bits per heavy atom. The summed E-state index contributed by atoms with van der Waals surface area (Å²) in [6.45, 7) is 0.239. The minimum atomic E-state index is -0.443. The highest BCUT2D eigenvalue weighted by atomic mass is 16.3. The normalized spacial score (nSPS) is 24.1. The van der Waals surface area contributed by atoms with Gasteiger partial charge in [-0.25, -0.2) is 0 Å². The highest BCUT2D eigenvalue weighted by molar-refractivity contribution is 5.40. The van der Waals surface area contributed by atoms with Gasteiger partial charge in [0.2, 0.25) is 0 Å². The van der Waals surface area contributed by atoms with Gasteiger partial charge in [0.05, 0.1) is 12.2 Å². The van der Waals surface area contributed by atoms with Crippen molar-refractivity contribution in [1.82, 2.24) is 0 Å². The molecule has 2 nitrogen and oxygen atoms in total. The quantitative estimate of drug-likeness (QED) is 0.808. The third-order valence-electron chi connectivity index (χ3n) is 4.09. The molecule has 3 rings (SSSR count). The third kappa shape index (κ3) is 1.66. The molecule has 1 aromatic rings. The summed E-state index contributed by atoms with van der Waals surface area (Å²) in [5, 5.41) is 19.5. The zero-order valence-electron chi connectivity index (χ0n) is 9.45. The van der Waals surface area contributed by atoms with E-state index in [4.69, 9.17) is 0 Å². The van der Waals surface area contributed by atoms with E-state index in [-0.39, 0.29) is 12.0 Å². The van der Waals surface area contributed by atoms with Gasteiger partial charge in [0, 0.05) is 11.8 Å². The van der Waals surface area contributed by atoms with Gasteiger partial charge in [0.15, 0.2) is 0 Å². The van der Waals surface area contributed by atoms with Crippen LogP contribution in [0.4, 0.5) is 0 Å². The first-order valence-electron chi connectivity index (χ1n) is 6.09. The van der Waals surface area contributed by atoms with Gasteiger partial charge >= 0.3 is 0 Å². The molecular weight excluding hydrogens is 200 g/mol. The third-order valence-corrected chi connectivity index (χ3v) is 4.09. The zero-order chi connectivity index (χ0) is 11.2. The molecule has 0 radical (unpaired) electrons. The Bertz CT molecular complexity index is 403. The van der Waals surface area contributed by atoms with Gasteiger partial charge in [0.1, 0.15) is 0 Å². The number of hydrogen-bond acceptors (Lipinski definition) is 2. The van der Waals surface area contributed by atoms with E-state index in [1.165, 1.54) is 11.1 Å². The van der Waals surface area contributed by atoms with Gasteiger partial charge in [0.25, 0.3) is 0 Å². The molecule has 2 fully saturated rings. The van der Waals surface area contributed by atoms with Crippen LogP contribution in [0.25, 0.3) is 0 Å². The smallest absolute Gasteiger partial charge is 0.0690 e. The van der Waals surface area contributed by atoms with Crippen LogP contribution in [0.5, 0.6) is 0 Å². The molecule has 2 aliphatic rings. The van der Waals surface area contributed by atoms with Crippen LogP contribution in [0.15, 0.2) is 24.3 Å². The van der Waals surface area contributed by atoms with Crippen molar-refractivity contribution in [2.45, 2.75) is 43.1 Å². The summed E-state index contributed by atoms with van der Waals surface area (Å²) in [6.07, 6.45) is 4.77. The van der Waals surface area contributed by atoms with Gasteiger partial charge in [-0.2, -0.15) is 0 Å². The van der Waals surface area contributed by atoms with E-state index in [1.807, 2.05) is 12.1 Å². The maximum Gasteiger partial charge on any atom is 0.0690 e. The fourth-order valence-corrected chi connectivity index (χ4v) is 2.53. The molecule has 0 bridgehead atoms. The Hall–Kier alpha value is -0.860. The van der Waals surface area contributed by atoms with Crippen LogP contribution >= 0.6 is 0 Å². The van der Waals surface area contributed by atoms with Gasteiger partial charge in [-0.05, 0) is 36.8 Å². The predicted octanol–water partition coefficient (Wildman–Crippen LogP) is 1.78. The van der Waals surface area contributed by atoms with Gasteiger partial charge in [-0.1, -0.05) is 24.3 Å². The first kappa shape index (κ1) is 10.3. The molecule has 0 spiro atoms. The second-order valence-electron chi connectivity index (χ2n) is 5.50. The lowest BCUT2D eigenvalue weighted by Gasteiger charge is -2.19. The summed E-state index contributed by atoms with van der Waals surface area (Å²) in [5.74, 6) is 0.